The minimum absolute atomic E-state index is 0. The van der Waals surface area contributed by atoms with E-state index < -0.39 is 0 Å². The number of halogens is 3. The number of benzene rings is 1. The van der Waals surface area contributed by atoms with Crippen LogP contribution in [-0.4, -0.2) is 32.2 Å². The molecule has 1 aliphatic rings. The van der Waals surface area contributed by atoms with Crippen molar-refractivity contribution >= 4 is 53.1 Å². The summed E-state index contributed by atoms with van der Waals surface area (Å²) in [6.45, 7) is 3.30. The van der Waals surface area contributed by atoms with Crippen LogP contribution in [-0.2, 0) is 0 Å². The molecule has 1 aromatic rings. The minimum Gasteiger partial charge on any atom is -0.492 e. The molecule has 1 aliphatic heterocycles. The smallest absolute Gasteiger partial charge is 0.191 e. The Morgan fingerprint density at radius 3 is 2.90 bits per heavy atom. The lowest BCUT2D eigenvalue weighted by Crippen LogP contribution is -2.41. The summed E-state index contributed by atoms with van der Waals surface area (Å²) < 4.78 is 5.59. The summed E-state index contributed by atoms with van der Waals surface area (Å²) >= 11 is 11.8. The van der Waals surface area contributed by atoms with Crippen molar-refractivity contribution in [2.75, 3.05) is 26.2 Å². The Morgan fingerprint density at radius 1 is 1.35 bits per heavy atom. The highest BCUT2D eigenvalue weighted by atomic mass is 127. The Kier molecular flexibility index (Phi) is 8.40. The van der Waals surface area contributed by atoms with Crippen LogP contribution in [0.15, 0.2) is 23.2 Å². The van der Waals surface area contributed by atoms with Gasteiger partial charge < -0.3 is 15.4 Å². The van der Waals surface area contributed by atoms with Gasteiger partial charge in [0.25, 0.3) is 0 Å². The minimum atomic E-state index is 0. The standard InChI is InChI=1S/C13H17Cl2N3O.HI/c14-10-3-4-12(11(15)9-10)19-8-2-7-18-13-16-5-1-6-17-13;/h3-4,9H,1-2,5-8H2,(H2,16,17,18);1H. The number of hydrogen-bond acceptors (Lipinski definition) is 4. The third-order valence-electron chi connectivity index (χ3n) is 2.66. The average Bonchev–Trinajstić information content (AvgIpc) is 2.42. The molecule has 0 aromatic heterocycles. The second-order valence-electron chi connectivity index (χ2n) is 4.21. The van der Waals surface area contributed by atoms with Crippen LogP contribution in [0.5, 0.6) is 5.75 Å². The molecule has 0 radical (unpaired) electrons. The number of ether oxygens (including phenoxy) is 1. The molecular formula is C13H18Cl2IN3O. The molecule has 0 unspecified atom stereocenters. The molecule has 7 heteroatoms. The molecular weight excluding hydrogens is 412 g/mol. The zero-order chi connectivity index (χ0) is 13.5. The molecule has 4 nitrogen and oxygen atoms in total. The van der Waals surface area contributed by atoms with Gasteiger partial charge in [-0.2, -0.15) is 0 Å². The summed E-state index contributed by atoms with van der Waals surface area (Å²) in [7, 11) is 0. The van der Waals surface area contributed by atoms with Gasteiger partial charge in [0.15, 0.2) is 5.96 Å². The monoisotopic (exact) mass is 429 g/mol. The highest BCUT2D eigenvalue weighted by Gasteiger charge is 2.03. The fourth-order valence-electron chi connectivity index (χ4n) is 1.70. The van der Waals surface area contributed by atoms with Gasteiger partial charge in [-0.3, -0.25) is 4.99 Å². The maximum Gasteiger partial charge on any atom is 0.191 e. The molecule has 112 valence electrons. The molecule has 20 heavy (non-hydrogen) atoms. The fraction of sp³-hybridized carbons (Fsp3) is 0.462. The van der Waals surface area contributed by atoms with Crippen LogP contribution in [0.3, 0.4) is 0 Å². The van der Waals surface area contributed by atoms with Gasteiger partial charge in [-0.1, -0.05) is 23.2 Å². The zero-order valence-corrected chi connectivity index (χ0v) is 14.8. The summed E-state index contributed by atoms with van der Waals surface area (Å²) in [5.41, 5.74) is 0. The number of guanidine groups is 1. The Hall–Kier alpha value is -0.400. The van der Waals surface area contributed by atoms with E-state index in [1.807, 2.05) is 0 Å². The molecule has 2 rings (SSSR count). The van der Waals surface area contributed by atoms with Crippen molar-refractivity contribution in [3.05, 3.63) is 28.2 Å². The third kappa shape index (κ3) is 5.93. The second kappa shape index (κ2) is 9.52. The Bertz CT molecular complexity index is 457. The van der Waals surface area contributed by atoms with E-state index in [1.54, 1.807) is 18.2 Å². The van der Waals surface area contributed by atoms with Crippen LogP contribution in [0.1, 0.15) is 12.8 Å². The number of hydrogen-bond donors (Lipinski definition) is 2. The predicted molar refractivity (Wildman–Crippen MR) is 94.9 cm³/mol. The first-order valence-corrected chi connectivity index (χ1v) is 7.11. The van der Waals surface area contributed by atoms with Gasteiger partial charge in [0, 0.05) is 24.7 Å². The van der Waals surface area contributed by atoms with Gasteiger partial charge in [0.2, 0.25) is 0 Å². The van der Waals surface area contributed by atoms with E-state index in [9.17, 15) is 0 Å². The van der Waals surface area contributed by atoms with E-state index in [-0.39, 0.29) is 24.0 Å². The van der Waals surface area contributed by atoms with E-state index in [0.717, 1.165) is 38.4 Å². The van der Waals surface area contributed by atoms with Crippen LogP contribution in [0.25, 0.3) is 0 Å². The maximum absolute atomic E-state index is 6.01. The lowest BCUT2D eigenvalue weighted by molar-refractivity contribution is 0.311. The maximum atomic E-state index is 6.01. The summed E-state index contributed by atoms with van der Waals surface area (Å²) in [5.74, 6) is 1.55. The SMILES string of the molecule is Clc1ccc(OCCCNC2=NCCCN2)c(Cl)c1.I. The van der Waals surface area contributed by atoms with Gasteiger partial charge in [0.05, 0.1) is 11.6 Å². The van der Waals surface area contributed by atoms with Crippen molar-refractivity contribution in [1.82, 2.24) is 10.6 Å². The quantitative estimate of drug-likeness (QED) is 0.557. The van der Waals surface area contributed by atoms with Crippen LogP contribution < -0.4 is 15.4 Å². The summed E-state index contributed by atoms with van der Waals surface area (Å²) in [5, 5.41) is 7.59. The van der Waals surface area contributed by atoms with Crippen molar-refractivity contribution in [2.24, 2.45) is 4.99 Å². The van der Waals surface area contributed by atoms with Crippen molar-refractivity contribution in [2.45, 2.75) is 12.8 Å². The van der Waals surface area contributed by atoms with E-state index in [2.05, 4.69) is 15.6 Å². The Balaban J connectivity index is 0.00000200. The predicted octanol–water partition coefficient (Wildman–Crippen LogP) is 3.32. The molecule has 0 fully saturated rings. The molecule has 0 spiro atoms. The average molecular weight is 430 g/mol. The second-order valence-corrected chi connectivity index (χ2v) is 5.06. The molecule has 2 N–H and O–H groups in total. The number of aliphatic imine (C=N–C) groups is 1. The Labute approximate surface area is 146 Å². The molecule has 0 bridgehead atoms. The number of nitrogens with zero attached hydrogens (tertiary/aromatic N) is 1. The van der Waals surface area contributed by atoms with E-state index in [0.29, 0.717) is 22.4 Å². The lowest BCUT2D eigenvalue weighted by Gasteiger charge is -2.16. The first kappa shape index (κ1) is 17.7. The first-order chi connectivity index (χ1) is 9.25. The topological polar surface area (TPSA) is 45.6 Å². The first-order valence-electron chi connectivity index (χ1n) is 6.36. The summed E-state index contributed by atoms with van der Waals surface area (Å²) in [6.07, 6.45) is 1.98. The van der Waals surface area contributed by atoms with Crippen molar-refractivity contribution in [1.29, 1.82) is 0 Å². The van der Waals surface area contributed by atoms with E-state index in [1.165, 1.54) is 0 Å². The van der Waals surface area contributed by atoms with Gasteiger partial charge in [0.1, 0.15) is 5.75 Å². The van der Waals surface area contributed by atoms with Gasteiger partial charge >= 0.3 is 0 Å². The number of nitrogens with one attached hydrogen (secondary N) is 2. The molecule has 0 aliphatic carbocycles. The normalized spacial score (nSPS) is 13.8. The summed E-state index contributed by atoms with van der Waals surface area (Å²) in [6, 6.07) is 5.23. The van der Waals surface area contributed by atoms with Crippen molar-refractivity contribution in [3.8, 4) is 5.75 Å². The molecule has 0 saturated heterocycles. The largest absolute Gasteiger partial charge is 0.492 e. The molecule has 0 saturated carbocycles. The molecule has 1 heterocycles. The third-order valence-corrected chi connectivity index (χ3v) is 3.19. The summed E-state index contributed by atoms with van der Waals surface area (Å²) in [4.78, 5) is 4.33. The number of rotatable bonds is 5. The van der Waals surface area contributed by atoms with Gasteiger partial charge in [-0.15, -0.1) is 24.0 Å². The van der Waals surface area contributed by atoms with Crippen LogP contribution in [0, 0.1) is 0 Å². The van der Waals surface area contributed by atoms with Gasteiger partial charge in [-0.25, -0.2) is 0 Å². The fourth-order valence-corrected chi connectivity index (χ4v) is 2.17. The van der Waals surface area contributed by atoms with Crippen LogP contribution in [0.2, 0.25) is 10.0 Å². The van der Waals surface area contributed by atoms with Crippen LogP contribution >= 0.6 is 47.2 Å². The van der Waals surface area contributed by atoms with Crippen LogP contribution in [0.4, 0.5) is 0 Å². The van der Waals surface area contributed by atoms with E-state index in [4.69, 9.17) is 27.9 Å². The Morgan fingerprint density at radius 2 is 2.20 bits per heavy atom. The van der Waals surface area contributed by atoms with Crippen molar-refractivity contribution < 1.29 is 4.74 Å². The molecule has 1 aromatic carbocycles. The molecule has 0 amide bonds. The van der Waals surface area contributed by atoms with Gasteiger partial charge in [-0.05, 0) is 31.0 Å². The van der Waals surface area contributed by atoms with Crippen molar-refractivity contribution in [3.63, 3.8) is 0 Å². The highest BCUT2D eigenvalue weighted by Crippen LogP contribution is 2.27. The molecule has 0 atom stereocenters. The lowest BCUT2D eigenvalue weighted by atomic mass is 10.3. The highest BCUT2D eigenvalue weighted by molar-refractivity contribution is 14.0. The van der Waals surface area contributed by atoms with E-state index >= 15 is 0 Å². The zero-order valence-electron chi connectivity index (χ0n) is 11.0.